The van der Waals surface area contributed by atoms with E-state index in [0.29, 0.717) is 17.6 Å². The number of halogens is 3. The number of ether oxygens (including phenoxy) is 1. The van der Waals surface area contributed by atoms with E-state index in [1.165, 1.54) is 48.5 Å². The van der Waals surface area contributed by atoms with Gasteiger partial charge in [0, 0.05) is 42.8 Å². The first-order chi connectivity index (χ1) is 18.5. The van der Waals surface area contributed by atoms with Crippen LogP contribution in [-0.4, -0.2) is 64.6 Å². The molecule has 1 unspecified atom stereocenters. The maximum atomic E-state index is 15.3. The second kappa shape index (κ2) is 9.60. The number of carbonyl (C=O) groups excluding carboxylic acids is 1. The Labute approximate surface area is 215 Å². The molecule has 12 heteroatoms. The van der Waals surface area contributed by atoms with E-state index in [2.05, 4.69) is 30.6 Å². The highest BCUT2D eigenvalue weighted by molar-refractivity contribution is 6.09. The second-order valence-electron chi connectivity index (χ2n) is 9.26. The summed E-state index contributed by atoms with van der Waals surface area (Å²) in [6.45, 7) is 0.663. The molecule has 2 bridgehead atoms. The minimum atomic E-state index is -0.689. The van der Waals surface area contributed by atoms with Crippen molar-refractivity contribution >= 4 is 28.2 Å². The summed E-state index contributed by atoms with van der Waals surface area (Å²) < 4.78 is 49.6. The van der Waals surface area contributed by atoms with Crippen LogP contribution in [0.15, 0.2) is 42.7 Å². The number of aromatic nitrogens is 4. The zero-order valence-electron chi connectivity index (χ0n) is 20.4. The van der Waals surface area contributed by atoms with Gasteiger partial charge in [0.1, 0.15) is 29.5 Å². The van der Waals surface area contributed by atoms with Gasteiger partial charge in [-0.15, -0.1) is 0 Å². The Kier molecular flexibility index (Phi) is 6.10. The molecule has 38 heavy (non-hydrogen) atoms. The van der Waals surface area contributed by atoms with E-state index in [0.717, 1.165) is 13.0 Å². The van der Waals surface area contributed by atoms with Crippen molar-refractivity contribution in [1.29, 1.82) is 0 Å². The van der Waals surface area contributed by atoms with Crippen LogP contribution in [0.25, 0.3) is 22.3 Å². The lowest BCUT2D eigenvalue weighted by atomic mass is 10.1. The van der Waals surface area contributed by atoms with Crippen molar-refractivity contribution in [3.63, 3.8) is 0 Å². The number of anilines is 2. The topological polar surface area (TPSA) is 97.2 Å². The number of carbonyl (C=O) groups is 1. The largest absolute Gasteiger partial charge is 0.496 e. The molecular formula is C26H24F3N7O2. The summed E-state index contributed by atoms with van der Waals surface area (Å²) in [5.41, 5.74) is 1.04. The van der Waals surface area contributed by atoms with Gasteiger partial charge in [-0.2, -0.15) is 5.10 Å². The van der Waals surface area contributed by atoms with E-state index in [9.17, 15) is 13.6 Å². The number of methoxy groups -OCH3 is 1. The summed E-state index contributed by atoms with van der Waals surface area (Å²) in [6.07, 6.45) is 3.77. The van der Waals surface area contributed by atoms with E-state index in [1.807, 2.05) is 0 Å². The Bertz CT molecular complexity index is 1540. The first kappa shape index (κ1) is 24.2. The third kappa shape index (κ3) is 4.01. The number of nitrogens with zero attached hydrogens (tertiary/aromatic N) is 5. The molecule has 0 radical (unpaired) electrons. The highest BCUT2D eigenvalue weighted by Crippen LogP contribution is 2.41. The fourth-order valence-corrected chi connectivity index (χ4v) is 5.39. The van der Waals surface area contributed by atoms with Gasteiger partial charge >= 0.3 is 0 Å². The van der Waals surface area contributed by atoms with Gasteiger partial charge in [-0.3, -0.25) is 9.48 Å². The van der Waals surface area contributed by atoms with Gasteiger partial charge in [0.2, 0.25) is 0 Å². The first-order valence-electron chi connectivity index (χ1n) is 12.2. The Morgan fingerprint density at radius 1 is 1.26 bits per heavy atom. The lowest BCUT2D eigenvalue weighted by Crippen LogP contribution is -2.44. The van der Waals surface area contributed by atoms with Crippen LogP contribution in [0.2, 0.25) is 0 Å². The fourth-order valence-electron chi connectivity index (χ4n) is 5.39. The number of aryl methyl sites for hydroxylation is 1. The molecule has 0 aliphatic carbocycles. The Hall–Kier alpha value is -4.19. The SMILES string of the molecule is COc1cccc(F)c1-c1nccc(C(=O)Nc2cc(F)c3c(cnn3CCF)c2N2C[C@@H]3CC2CN3)n1. The van der Waals surface area contributed by atoms with Gasteiger partial charge in [-0.05, 0) is 24.6 Å². The van der Waals surface area contributed by atoms with Crippen LogP contribution in [0.1, 0.15) is 16.9 Å². The van der Waals surface area contributed by atoms with Crippen molar-refractivity contribution in [1.82, 2.24) is 25.1 Å². The van der Waals surface area contributed by atoms with Crippen molar-refractivity contribution < 1.29 is 22.7 Å². The van der Waals surface area contributed by atoms with E-state index in [1.54, 1.807) is 6.07 Å². The molecule has 2 fully saturated rings. The number of alkyl halides is 1. The maximum absolute atomic E-state index is 15.3. The zero-order valence-corrected chi connectivity index (χ0v) is 20.4. The predicted molar refractivity (Wildman–Crippen MR) is 135 cm³/mol. The van der Waals surface area contributed by atoms with Crippen molar-refractivity contribution in [3.05, 3.63) is 60.1 Å². The van der Waals surface area contributed by atoms with Gasteiger partial charge in [-0.1, -0.05) is 6.07 Å². The maximum Gasteiger partial charge on any atom is 0.274 e. The summed E-state index contributed by atoms with van der Waals surface area (Å²) >= 11 is 0. The van der Waals surface area contributed by atoms with Crippen LogP contribution >= 0.6 is 0 Å². The molecule has 4 heterocycles. The number of amides is 1. The second-order valence-corrected chi connectivity index (χ2v) is 9.26. The molecule has 2 aliphatic rings. The summed E-state index contributed by atoms with van der Waals surface area (Å²) in [5, 5.41) is 10.9. The molecule has 196 valence electrons. The van der Waals surface area contributed by atoms with Gasteiger partial charge in [-0.25, -0.2) is 23.1 Å². The van der Waals surface area contributed by atoms with Crippen LogP contribution < -0.4 is 20.3 Å². The number of hydrogen-bond donors (Lipinski definition) is 2. The minimum absolute atomic E-state index is 0.0233. The van der Waals surface area contributed by atoms with Gasteiger partial charge in [0.25, 0.3) is 5.91 Å². The van der Waals surface area contributed by atoms with Crippen LogP contribution in [0.4, 0.5) is 24.5 Å². The molecule has 1 amide bonds. The average molecular weight is 524 g/mol. The van der Waals surface area contributed by atoms with Gasteiger partial charge in [0.15, 0.2) is 11.6 Å². The average Bonchev–Trinajstić information content (AvgIpc) is 3.66. The summed E-state index contributed by atoms with van der Waals surface area (Å²) in [6, 6.07) is 7.38. The molecule has 9 nitrogen and oxygen atoms in total. The number of rotatable bonds is 7. The molecule has 2 saturated heterocycles. The normalized spacial score (nSPS) is 18.4. The van der Waals surface area contributed by atoms with Crippen molar-refractivity contribution in [2.45, 2.75) is 25.0 Å². The van der Waals surface area contributed by atoms with E-state index < -0.39 is 24.2 Å². The smallest absolute Gasteiger partial charge is 0.274 e. The molecule has 0 spiro atoms. The first-order valence-corrected chi connectivity index (χ1v) is 12.2. The summed E-state index contributed by atoms with van der Waals surface area (Å²) in [4.78, 5) is 23.9. The number of nitrogens with one attached hydrogen (secondary N) is 2. The van der Waals surface area contributed by atoms with Crippen LogP contribution in [0, 0.1) is 11.6 Å². The Morgan fingerprint density at radius 3 is 2.87 bits per heavy atom. The number of fused-ring (bicyclic) bond motifs is 3. The molecule has 2 aromatic heterocycles. The van der Waals surface area contributed by atoms with Crippen molar-refractivity contribution in [2.75, 3.05) is 37.1 Å². The number of benzene rings is 2. The van der Waals surface area contributed by atoms with Crippen LogP contribution in [0.3, 0.4) is 0 Å². The molecule has 2 N–H and O–H groups in total. The summed E-state index contributed by atoms with van der Waals surface area (Å²) in [7, 11) is 1.40. The van der Waals surface area contributed by atoms with Crippen LogP contribution in [0.5, 0.6) is 5.75 Å². The van der Waals surface area contributed by atoms with Crippen molar-refractivity contribution in [2.24, 2.45) is 0 Å². The molecule has 4 aromatic rings. The fraction of sp³-hybridized carbons (Fsp3) is 0.308. The third-order valence-electron chi connectivity index (χ3n) is 7.04. The Morgan fingerprint density at radius 2 is 2.13 bits per heavy atom. The van der Waals surface area contributed by atoms with Gasteiger partial charge < -0.3 is 20.3 Å². The highest BCUT2D eigenvalue weighted by atomic mass is 19.1. The molecule has 0 saturated carbocycles. The third-order valence-corrected chi connectivity index (χ3v) is 7.04. The molecule has 6 rings (SSSR count). The number of hydrogen-bond acceptors (Lipinski definition) is 7. The molecule has 2 atom stereocenters. The standard InChI is InChI=1S/C26H24F3N7O2/c1-38-21-4-2-3-17(28)22(21)25-30-7-5-19(33-25)26(37)34-20-10-18(29)23-16(12-32-36(23)8-6-27)24(20)35-13-14-9-15(35)11-31-14/h2-5,7,10,12,14-15,31H,6,8-9,11,13H2,1H3,(H,34,37)/t14-,15?/m0/s1. The van der Waals surface area contributed by atoms with E-state index in [-0.39, 0.29) is 52.7 Å². The zero-order chi connectivity index (χ0) is 26.4. The lowest BCUT2D eigenvalue weighted by molar-refractivity contribution is 0.102. The molecule has 2 aromatic carbocycles. The highest BCUT2D eigenvalue weighted by Gasteiger charge is 2.40. The molecule has 2 aliphatic heterocycles. The van der Waals surface area contributed by atoms with E-state index >= 15 is 4.39 Å². The minimum Gasteiger partial charge on any atom is -0.496 e. The number of piperazine rings is 1. The quantitative estimate of drug-likeness (QED) is 0.382. The predicted octanol–water partition coefficient (Wildman–Crippen LogP) is 3.55. The molecular weight excluding hydrogens is 499 g/mol. The summed E-state index contributed by atoms with van der Waals surface area (Å²) in [5.74, 6) is -1.65. The van der Waals surface area contributed by atoms with Crippen LogP contribution in [-0.2, 0) is 6.54 Å². The van der Waals surface area contributed by atoms with Gasteiger partial charge in [0.05, 0.1) is 36.8 Å². The van der Waals surface area contributed by atoms with E-state index in [4.69, 9.17) is 4.74 Å². The van der Waals surface area contributed by atoms with Crippen molar-refractivity contribution in [3.8, 4) is 17.1 Å². The monoisotopic (exact) mass is 523 g/mol. The lowest BCUT2D eigenvalue weighted by Gasteiger charge is -2.32. The Balaban J connectivity index is 1.40.